The average molecular weight is 357 g/mol. The van der Waals surface area contributed by atoms with Crippen molar-refractivity contribution >= 4 is 22.7 Å². The fourth-order valence-corrected chi connectivity index (χ4v) is 4.01. The third-order valence-corrected chi connectivity index (χ3v) is 5.52. The highest BCUT2D eigenvalue weighted by Gasteiger charge is 2.36. The van der Waals surface area contributed by atoms with E-state index < -0.39 is 0 Å². The van der Waals surface area contributed by atoms with Crippen LogP contribution < -0.4 is 9.80 Å². The average Bonchev–Trinajstić information content (AvgIpc) is 2.93. The molecule has 0 aromatic heterocycles. The van der Waals surface area contributed by atoms with E-state index in [1.807, 2.05) is 0 Å². The molecule has 2 heteroatoms. The second-order valence-electron chi connectivity index (χ2n) is 8.45. The Labute approximate surface area is 163 Å². The van der Waals surface area contributed by atoms with Crippen molar-refractivity contribution in [1.29, 1.82) is 0 Å². The number of hydrogen-bond acceptors (Lipinski definition) is 2. The van der Waals surface area contributed by atoms with Crippen LogP contribution in [0.1, 0.15) is 38.8 Å². The summed E-state index contributed by atoms with van der Waals surface area (Å²) in [5, 5.41) is 0. The standard InChI is InChI=1S/C25H28N2/c1-18-11-9-10-14-22(18)27-19(2)26(21-12-7-6-8-13-21)23-16-15-20(17-24(23)27)25(3,4)5/h6-17,19H,1-5H3. The first kappa shape index (κ1) is 17.7. The first-order chi connectivity index (χ1) is 12.9. The summed E-state index contributed by atoms with van der Waals surface area (Å²) in [4.78, 5) is 4.92. The zero-order chi connectivity index (χ0) is 19.2. The van der Waals surface area contributed by atoms with E-state index in [0.29, 0.717) is 0 Å². The van der Waals surface area contributed by atoms with Crippen molar-refractivity contribution in [3.05, 3.63) is 83.9 Å². The van der Waals surface area contributed by atoms with Crippen LogP contribution in [-0.4, -0.2) is 6.17 Å². The summed E-state index contributed by atoms with van der Waals surface area (Å²) in [6.45, 7) is 11.3. The van der Waals surface area contributed by atoms with Crippen LogP contribution in [-0.2, 0) is 5.41 Å². The van der Waals surface area contributed by atoms with Gasteiger partial charge < -0.3 is 9.80 Å². The molecule has 0 N–H and O–H groups in total. The molecule has 27 heavy (non-hydrogen) atoms. The Morgan fingerprint density at radius 3 is 2.04 bits per heavy atom. The summed E-state index contributed by atoms with van der Waals surface area (Å²) >= 11 is 0. The fraction of sp³-hybridized carbons (Fsp3) is 0.280. The summed E-state index contributed by atoms with van der Waals surface area (Å²) in [5.74, 6) is 0. The summed E-state index contributed by atoms with van der Waals surface area (Å²) in [7, 11) is 0. The number of fused-ring (bicyclic) bond motifs is 1. The molecule has 1 atom stereocenters. The van der Waals surface area contributed by atoms with E-state index in [-0.39, 0.29) is 11.6 Å². The molecule has 2 nitrogen and oxygen atoms in total. The third-order valence-electron chi connectivity index (χ3n) is 5.52. The van der Waals surface area contributed by atoms with E-state index in [1.54, 1.807) is 0 Å². The number of nitrogens with zero attached hydrogens (tertiary/aromatic N) is 2. The summed E-state index contributed by atoms with van der Waals surface area (Å²) in [6, 6.07) is 26.3. The van der Waals surface area contributed by atoms with Crippen molar-refractivity contribution < 1.29 is 0 Å². The highest BCUT2D eigenvalue weighted by molar-refractivity contribution is 5.89. The molecule has 0 aliphatic carbocycles. The van der Waals surface area contributed by atoms with Crippen molar-refractivity contribution in [3.63, 3.8) is 0 Å². The maximum Gasteiger partial charge on any atom is 0.108 e. The topological polar surface area (TPSA) is 6.48 Å². The molecule has 0 bridgehead atoms. The number of benzene rings is 3. The second kappa shape index (κ2) is 6.45. The smallest absolute Gasteiger partial charge is 0.108 e. The van der Waals surface area contributed by atoms with Crippen molar-refractivity contribution in [2.45, 2.75) is 46.2 Å². The lowest BCUT2D eigenvalue weighted by molar-refractivity contribution is 0.590. The SMILES string of the molecule is Cc1ccccc1N1c2cc(C(C)(C)C)ccc2N(c2ccccc2)C1C. The molecule has 0 spiro atoms. The number of anilines is 4. The summed E-state index contributed by atoms with van der Waals surface area (Å²) in [6.07, 6.45) is 0.207. The van der Waals surface area contributed by atoms with Crippen LogP contribution in [0.4, 0.5) is 22.7 Å². The van der Waals surface area contributed by atoms with Gasteiger partial charge in [-0.3, -0.25) is 0 Å². The van der Waals surface area contributed by atoms with Gasteiger partial charge >= 0.3 is 0 Å². The Morgan fingerprint density at radius 2 is 1.37 bits per heavy atom. The van der Waals surface area contributed by atoms with Gasteiger partial charge in [0.15, 0.2) is 0 Å². The molecule has 3 aromatic carbocycles. The molecule has 0 saturated heterocycles. The first-order valence-electron chi connectivity index (χ1n) is 9.71. The number of rotatable bonds is 2. The maximum atomic E-state index is 2.48. The molecule has 1 heterocycles. The van der Waals surface area contributed by atoms with Crippen LogP contribution in [0.15, 0.2) is 72.8 Å². The molecule has 0 fully saturated rings. The van der Waals surface area contributed by atoms with E-state index >= 15 is 0 Å². The predicted molar refractivity (Wildman–Crippen MR) is 117 cm³/mol. The molecule has 1 aliphatic rings. The van der Waals surface area contributed by atoms with Gasteiger partial charge in [0.2, 0.25) is 0 Å². The Bertz CT molecular complexity index is 954. The summed E-state index contributed by atoms with van der Waals surface area (Å²) in [5.41, 5.74) is 7.84. The largest absolute Gasteiger partial charge is 0.319 e. The van der Waals surface area contributed by atoms with Gasteiger partial charge in [0.1, 0.15) is 6.17 Å². The molecule has 4 rings (SSSR count). The van der Waals surface area contributed by atoms with Gasteiger partial charge in [-0.15, -0.1) is 0 Å². The fourth-order valence-electron chi connectivity index (χ4n) is 4.01. The molecular weight excluding hydrogens is 328 g/mol. The van der Waals surface area contributed by atoms with E-state index in [1.165, 1.54) is 33.9 Å². The lowest BCUT2D eigenvalue weighted by atomic mass is 9.86. The molecule has 0 amide bonds. The van der Waals surface area contributed by atoms with Gasteiger partial charge in [-0.2, -0.15) is 0 Å². The van der Waals surface area contributed by atoms with Crippen molar-refractivity contribution in [2.75, 3.05) is 9.80 Å². The van der Waals surface area contributed by atoms with Crippen LogP contribution in [0, 0.1) is 6.92 Å². The Kier molecular flexibility index (Phi) is 4.22. The second-order valence-corrected chi connectivity index (χ2v) is 8.45. The third kappa shape index (κ3) is 2.99. The molecule has 138 valence electrons. The van der Waals surface area contributed by atoms with E-state index in [2.05, 4.69) is 117 Å². The monoisotopic (exact) mass is 356 g/mol. The highest BCUT2D eigenvalue weighted by atomic mass is 15.4. The highest BCUT2D eigenvalue weighted by Crippen LogP contribution is 2.49. The minimum absolute atomic E-state index is 0.121. The van der Waals surface area contributed by atoms with Gasteiger partial charge in [0.25, 0.3) is 0 Å². The van der Waals surface area contributed by atoms with Crippen LogP contribution >= 0.6 is 0 Å². The lowest BCUT2D eigenvalue weighted by Crippen LogP contribution is -2.35. The van der Waals surface area contributed by atoms with Gasteiger partial charge in [-0.1, -0.05) is 63.2 Å². The molecule has 1 aliphatic heterocycles. The van der Waals surface area contributed by atoms with Crippen LogP contribution in [0.25, 0.3) is 0 Å². The van der Waals surface area contributed by atoms with Crippen molar-refractivity contribution in [2.24, 2.45) is 0 Å². The van der Waals surface area contributed by atoms with Gasteiger partial charge in [0.05, 0.1) is 11.4 Å². The van der Waals surface area contributed by atoms with E-state index in [0.717, 1.165) is 0 Å². The van der Waals surface area contributed by atoms with Gasteiger partial charge in [0, 0.05) is 11.4 Å². The number of hydrogen-bond donors (Lipinski definition) is 0. The van der Waals surface area contributed by atoms with Crippen molar-refractivity contribution in [3.8, 4) is 0 Å². The zero-order valence-electron chi connectivity index (χ0n) is 16.9. The van der Waals surface area contributed by atoms with Crippen LogP contribution in [0.3, 0.4) is 0 Å². The Morgan fingerprint density at radius 1 is 0.704 bits per heavy atom. The molecule has 0 saturated carbocycles. The zero-order valence-corrected chi connectivity index (χ0v) is 16.9. The minimum Gasteiger partial charge on any atom is -0.319 e. The predicted octanol–water partition coefficient (Wildman–Crippen LogP) is 6.93. The normalized spacial score (nSPS) is 16.6. The lowest BCUT2D eigenvalue weighted by Gasteiger charge is -2.31. The Hall–Kier alpha value is -2.74. The number of para-hydroxylation sites is 2. The van der Waals surface area contributed by atoms with Gasteiger partial charge in [-0.05, 0) is 60.7 Å². The van der Waals surface area contributed by atoms with Crippen LogP contribution in [0.2, 0.25) is 0 Å². The van der Waals surface area contributed by atoms with Crippen molar-refractivity contribution in [1.82, 2.24) is 0 Å². The first-order valence-corrected chi connectivity index (χ1v) is 9.71. The number of aryl methyl sites for hydroxylation is 1. The molecular formula is C25H28N2. The van der Waals surface area contributed by atoms with E-state index in [9.17, 15) is 0 Å². The minimum atomic E-state index is 0.121. The molecule has 0 radical (unpaired) electrons. The van der Waals surface area contributed by atoms with Gasteiger partial charge in [-0.25, -0.2) is 0 Å². The molecule has 1 unspecified atom stereocenters. The van der Waals surface area contributed by atoms with Crippen LogP contribution in [0.5, 0.6) is 0 Å². The molecule has 3 aromatic rings. The van der Waals surface area contributed by atoms with E-state index in [4.69, 9.17) is 0 Å². The Balaban J connectivity index is 1.93. The summed E-state index contributed by atoms with van der Waals surface area (Å²) < 4.78 is 0. The maximum absolute atomic E-state index is 2.48. The quantitative estimate of drug-likeness (QED) is 0.491.